The van der Waals surface area contributed by atoms with Crippen LogP contribution in [-0.4, -0.2) is 63.8 Å². The number of halogens is 2. The van der Waals surface area contributed by atoms with Crippen molar-refractivity contribution in [2.75, 3.05) is 32.7 Å². The third kappa shape index (κ3) is 5.30. The Balaban J connectivity index is 1.62. The van der Waals surface area contributed by atoms with E-state index in [1.807, 2.05) is 20.8 Å². The molecule has 0 aromatic carbocycles. The van der Waals surface area contributed by atoms with Gasteiger partial charge in [0.25, 0.3) is 0 Å². The zero-order valence-electron chi connectivity index (χ0n) is 16.5. The molecule has 2 fully saturated rings. The topological polar surface area (TPSA) is 50.6 Å². The van der Waals surface area contributed by atoms with Crippen LogP contribution in [0.3, 0.4) is 0 Å². The highest BCUT2D eigenvalue weighted by molar-refractivity contribution is 6.40. The molecule has 0 saturated carbocycles. The molecule has 0 radical (unpaired) electrons. The fourth-order valence-corrected chi connectivity index (χ4v) is 4.24. The van der Waals surface area contributed by atoms with Gasteiger partial charge in [0.2, 0.25) is 0 Å². The molecule has 152 valence electrons. The summed E-state index contributed by atoms with van der Waals surface area (Å²) in [4.78, 5) is 21.1. The number of hydrogen-bond acceptors (Lipinski definition) is 4. The van der Waals surface area contributed by atoms with Crippen LogP contribution in [0, 0.1) is 0 Å². The number of rotatable bonds is 4. The maximum absolute atomic E-state index is 12.3. The Morgan fingerprint density at radius 3 is 2.33 bits per heavy atom. The summed E-state index contributed by atoms with van der Waals surface area (Å²) in [5.74, 6) is 1.21. The van der Waals surface area contributed by atoms with Gasteiger partial charge in [-0.25, -0.2) is 9.78 Å². The Morgan fingerprint density at radius 2 is 1.74 bits per heavy atom. The van der Waals surface area contributed by atoms with Crippen molar-refractivity contribution < 1.29 is 9.53 Å². The Kier molecular flexibility index (Phi) is 6.59. The number of nitrogens with zero attached hydrogens (tertiary/aromatic N) is 4. The van der Waals surface area contributed by atoms with E-state index in [4.69, 9.17) is 27.9 Å². The molecule has 6 nitrogen and oxygen atoms in total. The predicted octanol–water partition coefficient (Wildman–Crippen LogP) is 4.40. The van der Waals surface area contributed by atoms with Gasteiger partial charge in [0.05, 0.1) is 0 Å². The SMILES string of the molecule is CC(C)(C)OC(=O)N1CCC(c2nc(Cl)c(Cl)n2CCN2CCCC2)CC1. The molecule has 1 aromatic heterocycles. The second-order valence-electron chi connectivity index (χ2n) is 8.49. The number of hydrogen-bond donors (Lipinski definition) is 0. The number of piperidine rings is 1. The Bertz CT molecular complexity index is 657. The minimum Gasteiger partial charge on any atom is -0.444 e. The minimum atomic E-state index is -0.471. The number of ether oxygens (including phenoxy) is 1. The number of amides is 1. The van der Waals surface area contributed by atoms with Gasteiger partial charge in [-0.15, -0.1) is 0 Å². The van der Waals surface area contributed by atoms with Gasteiger partial charge < -0.3 is 19.1 Å². The van der Waals surface area contributed by atoms with Crippen molar-refractivity contribution in [3.63, 3.8) is 0 Å². The highest BCUT2D eigenvalue weighted by Crippen LogP contribution is 2.33. The number of carbonyl (C=O) groups excluding carboxylic acids is 1. The van der Waals surface area contributed by atoms with Gasteiger partial charge in [0.1, 0.15) is 16.6 Å². The average molecular weight is 417 g/mol. The second-order valence-corrected chi connectivity index (χ2v) is 9.21. The van der Waals surface area contributed by atoms with Crippen LogP contribution < -0.4 is 0 Å². The summed E-state index contributed by atoms with van der Waals surface area (Å²) in [6.45, 7) is 11.1. The zero-order valence-corrected chi connectivity index (χ0v) is 18.0. The van der Waals surface area contributed by atoms with Crippen LogP contribution in [0.4, 0.5) is 4.79 Å². The van der Waals surface area contributed by atoms with Gasteiger partial charge in [-0.2, -0.15) is 0 Å². The summed E-state index contributed by atoms with van der Waals surface area (Å²) >= 11 is 12.7. The van der Waals surface area contributed by atoms with Crippen LogP contribution in [-0.2, 0) is 11.3 Å². The molecule has 1 aromatic rings. The fourth-order valence-electron chi connectivity index (χ4n) is 3.84. The molecular weight excluding hydrogens is 387 g/mol. The molecule has 0 spiro atoms. The van der Waals surface area contributed by atoms with Gasteiger partial charge in [-0.3, -0.25) is 0 Å². The van der Waals surface area contributed by atoms with Gasteiger partial charge in [0.15, 0.2) is 5.15 Å². The summed E-state index contributed by atoms with van der Waals surface area (Å²) in [5.41, 5.74) is -0.471. The van der Waals surface area contributed by atoms with Crippen molar-refractivity contribution in [1.82, 2.24) is 19.4 Å². The van der Waals surface area contributed by atoms with E-state index in [2.05, 4.69) is 14.5 Å². The van der Waals surface area contributed by atoms with Crippen molar-refractivity contribution in [2.45, 2.75) is 64.5 Å². The van der Waals surface area contributed by atoms with E-state index < -0.39 is 5.60 Å². The first-order valence-electron chi connectivity index (χ1n) is 9.86. The minimum absolute atomic E-state index is 0.241. The monoisotopic (exact) mass is 416 g/mol. The number of aromatic nitrogens is 2. The first kappa shape index (κ1) is 20.7. The van der Waals surface area contributed by atoms with E-state index in [0.29, 0.717) is 23.4 Å². The summed E-state index contributed by atoms with van der Waals surface area (Å²) < 4.78 is 7.54. The van der Waals surface area contributed by atoms with E-state index in [1.54, 1.807) is 4.90 Å². The van der Waals surface area contributed by atoms with Crippen LogP contribution in [0.25, 0.3) is 0 Å². The molecule has 2 saturated heterocycles. The molecule has 1 amide bonds. The Morgan fingerprint density at radius 1 is 1.11 bits per heavy atom. The number of likely N-dealkylation sites (tertiary alicyclic amines) is 2. The van der Waals surface area contributed by atoms with Crippen molar-refractivity contribution in [3.05, 3.63) is 16.1 Å². The zero-order chi connectivity index (χ0) is 19.6. The van der Waals surface area contributed by atoms with E-state index in [9.17, 15) is 4.79 Å². The molecule has 3 rings (SSSR count). The van der Waals surface area contributed by atoms with E-state index in [0.717, 1.165) is 44.8 Å². The third-order valence-corrected chi connectivity index (χ3v) is 5.99. The van der Waals surface area contributed by atoms with E-state index in [1.165, 1.54) is 12.8 Å². The van der Waals surface area contributed by atoms with Gasteiger partial charge in [-0.1, -0.05) is 23.2 Å². The van der Waals surface area contributed by atoms with Crippen LogP contribution in [0.15, 0.2) is 0 Å². The third-order valence-electron chi connectivity index (χ3n) is 5.25. The van der Waals surface area contributed by atoms with Crippen LogP contribution in [0.1, 0.15) is 58.2 Å². The maximum Gasteiger partial charge on any atom is 0.410 e. The van der Waals surface area contributed by atoms with Crippen LogP contribution in [0.2, 0.25) is 10.3 Å². The first-order valence-corrected chi connectivity index (χ1v) is 10.6. The molecule has 2 aliphatic rings. The summed E-state index contributed by atoms with van der Waals surface area (Å²) in [5, 5.41) is 0.906. The number of imidazole rings is 1. The maximum atomic E-state index is 12.3. The van der Waals surface area contributed by atoms with Crippen molar-refractivity contribution >= 4 is 29.3 Å². The molecular formula is C19H30Cl2N4O2. The lowest BCUT2D eigenvalue weighted by Crippen LogP contribution is -2.41. The average Bonchev–Trinajstić information content (AvgIpc) is 3.21. The fraction of sp³-hybridized carbons (Fsp3) is 0.789. The highest BCUT2D eigenvalue weighted by atomic mass is 35.5. The summed E-state index contributed by atoms with van der Waals surface area (Å²) in [6, 6.07) is 0. The van der Waals surface area contributed by atoms with Crippen LogP contribution >= 0.6 is 23.2 Å². The lowest BCUT2D eigenvalue weighted by atomic mass is 9.96. The molecule has 3 heterocycles. The molecule has 8 heteroatoms. The molecule has 27 heavy (non-hydrogen) atoms. The van der Waals surface area contributed by atoms with Crippen molar-refractivity contribution in [3.8, 4) is 0 Å². The Hall–Kier alpha value is -0.980. The molecule has 0 N–H and O–H groups in total. The quantitative estimate of drug-likeness (QED) is 0.729. The molecule has 0 atom stereocenters. The van der Waals surface area contributed by atoms with Crippen LogP contribution in [0.5, 0.6) is 0 Å². The van der Waals surface area contributed by atoms with Gasteiger partial charge in [-0.05, 0) is 59.5 Å². The predicted molar refractivity (Wildman–Crippen MR) is 108 cm³/mol. The summed E-state index contributed by atoms with van der Waals surface area (Å²) in [6.07, 6.45) is 3.98. The lowest BCUT2D eigenvalue weighted by Gasteiger charge is -2.33. The van der Waals surface area contributed by atoms with Gasteiger partial charge in [0, 0.05) is 32.1 Å². The van der Waals surface area contributed by atoms with E-state index >= 15 is 0 Å². The largest absolute Gasteiger partial charge is 0.444 e. The molecule has 0 aliphatic carbocycles. The number of carbonyl (C=O) groups is 1. The van der Waals surface area contributed by atoms with Crippen molar-refractivity contribution in [1.29, 1.82) is 0 Å². The highest BCUT2D eigenvalue weighted by Gasteiger charge is 2.30. The summed E-state index contributed by atoms with van der Waals surface area (Å²) in [7, 11) is 0. The molecule has 0 unspecified atom stereocenters. The lowest BCUT2D eigenvalue weighted by molar-refractivity contribution is 0.0202. The first-order chi connectivity index (χ1) is 12.7. The molecule has 0 bridgehead atoms. The normalized spacial score (nSPS) is 19.7. The molecule has 2 aliphatic heterocycles. The van der Waals surface area contributed by atoms with Crippen molar-refractivity contribution in [2.24, 2.45) is 0 Å². The van der Waals surface area contributed by atoms with Gasteiger partial charge >= 0.3 is 6.09 Å². The van der Waals surface area contributed by atoms with E-state index in [-0.39, 0.29) is 12.0 Å². The second kappa shape index (κ2) is 8.58. The Labute approximate surface area is 171 Å². The standard InChI is InChI=1S/C19H30Cl2N4O2/c1-19(2,3)27-18(26)24-10-6-14(7-11-24)17-22-15(20)16(21)25(17)13-12-23-8-4-5-9-23/h14H,4-13H2,1-3H3. The smallest absolute Gasteiger partial charge is 0.410 e.